The van der Waals surface area contributed by atoms with Crippen molar-refractivity contribution in [3.05, 3.63) is 41.6 Å². The fourth-order valence-corrected chi connectivity index (χ4v) is 2.64. The minimum absolute atomic E-state index is 0.994. The molecule has 0 unspecified atom stereocenters. The molecular weight excluding hydrogens is 222 g/mol. The highest BCUT2D eigenvalue weighted by molar-refractivity contribution is 5.60. The van der Waals surface area contributed by atoms with Gasteiger partial charge in [-0.1, -0.05) is 6.07 Å². The number of rotatable bonds is 2. The van der Waals surface area contributed by atoms with Gasteiger partial charge in [0, 0.05) is 32.0 Å². The van der Waals surface area contributed by atoms with E-state index in [9.17, 15) is 0 Å². The van der Waals surface area contributed by atoms with Crippen LogP contribution in [0.1, 0.15) is 24.0 Å². The summed E-state index contributed by atoms with van der Waals surface area (Å²) in [6.07, 6.45) is 7.10. The van der Waals surface area contributed by atoms with E-state index in [1.54, 1.807) is 0 Å². The van der Waals surface area contributed by atoms with E-state index in [-0.39, 0.29) is 0 Å². The normalized spacial score (nSPS) is 14.3. The molecule has 0 radical (unpaired) electrons. The Morgan fingerprint density at radius 3 is 2.61 bits per heavy atom. The predicted octanol–water partition coefficient (Wildman–Crippen LogP) is 3.07. The molecule has 0 bridgehead atoms. The molecule has 94 valence electrons. The van der Waals surface area contributed by atoms with Crippen molar-refractivity contribution < 1.29 is 0 Å². The lowest BCUT2D eigenvalue weighted by Gasteiger charge is -2.21. The van der Waals surface area contributed by atoms with Crippen LogP contribution in [0.2, 0.25) is 0 Å². The first-order valence-electron chi connectivity index (χ1n) is 6.59. The van der Waals surface area contributed by atoms with Gasteiger partial charge in [-0.15, -0.1) is 0 Å². The van der Waals surface area contributed by atoms with Gasteiger partial charge in [0.2, 0.25) is 0 Å². The van der Waals surface area contributed by atoms with Crippen molar-refractivity contribution >= 4 is 11.5 Å². The second-order valence-electron chi connectivity index (χ2n) is 5.07. The molecule has 3 heteroatoms. The zero-order valence-corrected chi connectivity index (χ0v) is 11.1. The van der Waals surface area contributed by atoms with Crippen LogP contribution in [0, 0.1) is 0 Å². The molecule has 1 aliphatic rings. The molecule has 18 heavy (non-hydrogen) atoms. The number of aromatic nitrogens is 2. The first-order valence-corrected chi connectivity index (χ1v) is 6.59. The summed E-state index contributed by atoms with van der Waals surface area (Å²) in [7, 11) is 4.02. The molecule has 3 nitrogen and oxygen atoms in total. The van der Waals surface area contributed by atoms with E-state index in [0.717, 1.165) is 5.82 Å². The van der Waals surface area contributed by atoms with Gasteiger partial charge in [-0.2, -0.15) is 5.10 Å². The summed E-state index contributed by atoms with van der Waals surface area (Å²) in [5.74, 6) is 0.994. The second kappa shape index (κ2) is 4.48. The molecule has 0 saturated heterocycles. The summed E-state index contributed by atoms with van der Waals surface area (Å²) in [6.45, 7) is 0. The Kier molecular flexibility index (Phi) is 2.82. The van der Waals surface area contributed by atoms with Crippen LogP contribution >= 0.6 is 0 Å². The van der Waals surface area contributed by atoms with E-state index in [2.05, 4.69) is 35.2 Å². The average molecular weight is 241 g/mol. The monoisotopic (exact) mass is 241 g/mol. The molecule has 0 atom stereocenters. The van der Waals surface area contributed by atoms with Crippen molar-refractivity contribution in [2.45, 2.75) is 25.7 Å². The lowest BCUT2D eigenvalue weighted by Crippen LogP contribution is -2.12. The first-order chi connectivity index (χ1) is 8.74. The zero-order chi connectivity index (χ0) is 12.5. The van der Waals surface area contributed by atoms with E-state index in [4.69, 9.17) is 0 Å². The first kappa shape index (κ1) is 11.3. The molecule has 0 spiro atoms. The smallest absolute Gasteiger partial charge is 0.154 e. The Balaban J connectivity index is 1.92. The summed E-state index contributed by atoms with van der Waals surface area (Å²) in [5, 5.41) is 4.44. The van der Waals surface area contributed by atoms with Crippen LogP contribution in [0.25, 0.3) is 0 Å². The molecule has 2 aromatic rings. The maximum Gasteiger partial charge on any atom is 0.154 e. The molecule has 1 heterocycles. The summed E-state index contributed by atoms with van der Waals surface area (Å²) in [4.78, 5) is 2.15. The maximum atomic E-state index is 4.44. The Bertz CT molecular complexity index is 557. The number of hydrogen-bond acceptors (Lipinski definition) is 2. The Labute approximate surface area is 108 Å². The zero-order valence-electron chi connectivity index (χ0n) is 11.1. The standard InChI is InChI=1S/C15H19N3/c1-17-10-9-15(16-17)18(2)14-8-7-12-5-3-4-6-13(12)11-14/h7-11H,3-6H2,1-2H3. The van der Waals surface area contributed by atoms with Crippen LogP contribution in [0.4, 0.5) is 11.5 Å². The van der Waals surface area contributed by atoms with E-state index >= 15 is 0 Å². The highest BCUT2D eigenvalue weighted by atomic mass is 15.3. The Morgan fingerprint density at radius 2 is 1.89 bits per heavy atom. The van der Waals surface area contributed by atoms with Crippen LogP contribution in [0.5, 0.6) is 0 Å². The van der Waals surface area contributed by atoms with Gasteiger partial charge in [-0.3, -0.25) is 4.68 Å². The Hall–Kier alpha value is -1.77. The molecule has 1 aromatic carbocycles. The maximum absolute atomic E-state index is 4.44. The summed E-state index contributed by atoms with van der Waals surface area (Å²) < 4.78 is 1.84. The van der Waals surface area contributed by atoms with Crippen LogP contribution in [0.3, 0.4) is 0 Å². The van der Waals surface area contributed by atoms with Gasteiger partial charge in [0.15, 0.2) is 5.82 Å². The highest BCUT2D eigenvalue weighted by Crippen LogP contribution is 2.28. The highest BCUT2D eigenvalue weighted by Gasteiger charge is 2.12. The molecule has 1 aliphatic carbocycles. The molecular formula is C15H19N3. The van der Waals surface area contributed by atoms with Crippen LogP contribution in [-0.4, -0.2) is 16.8 Å². The lowest BCUT2D eigenvalue weighted by atomic mass is 9.91. The lowest BCUT2D eigenvalue weighted by molar-refractivity contribution is 0.685. The molecule has 0 aliphatic heterocycles. The molecule has 3 rings (SSSR count). The van der Waals surface area contributed by atoms with Gasteiger partial charge in [0.1, 0.15) is 0 Å². The van der Waals surface area contributed by atoms with Crippen LogP contribution < -0.4 is 4.90 Å². The van der Waals surface area contributed by atoms with Crippen molar-refractivity contribution in [1.82, 2.24) is 9.78 Å². The molecule has 0 saturated carbocycles. The van der Waals surface area contributed by atoms with Crippen molar-refractivity contribution in [3.8, 4) is 0 Å². The quantitative estimate of drug-likeness (QED) is 0.805. The van der Waals surface area contributed by atoms with Crippen LogP contribution in [-0.2, 0) is 19.9 Å². The third-order valence-electron chi connectivity index (χ3n) is 3.76. The second-order valence-corrected chi connectivity index (χ2v) is 5.07. The topological polar surface area (TPSA) is 21.1 Å². The van der Waals surface area contributed by atoms with Gasteiger partial charge in [0.25, 0.3) is 0 Å². The van der Waals surface area contributed by atoms with Gasteiger partial charge in [0.05, 0.1) is 0 Å². The largest absolute Gasteiger partial charge is 0.328 e. The van der Waals surface area contributed by atoms with E-state index in [1.165, 1.54) is 42.5 Å². The summed E-state index contributed by atoms with van der Waals surface area (Å²) in [5.41, 5.74) is 4.27. The van der Waals surface area contributed by atoms with Crippen molar-refractivity contribution in [3.63, 3.8) is 0 Å². The molecule has 0 N–H and O–H groups in total. The number of hydrogen-bond donors (Lipinski definition) is 0. The number of fused-ring (bicyclic) bond motifs is 1. The third-order valence-corrected chi connectivity index (χ3v) is 3.76. The van der Waals surface area contributed by atoms with E-state index < -0.39 is 0 Å². The number of aryl methyl sites for hydroxylation is 3. The SMILES string of the molecule is CN(c1ccc2c(c1)CCCC2)c1ccn(C)n1. The molecule has 1 aromatic heterocycles. The van der Waals surface area contributed by atoms with Gasteiger partial charge < -0.3 is 4.90 Å². The summed E-state index contributed by atoms with van der Waals surface area (Å²) >= 11 is 0. The summed E-state index contributed by atoms with van der Waals surface area (Å²) in [6, 6.07) is 8.85. The molecule has 0 fully saturated rings. The predicted molar refractivity (Wildman–Crippen MR) is 74.4 cm³/mol. The fourth-order valence-electron chi connectivity index (χ4n) is 2.64. The van der Waals surface area contributed by atoms with E-state index in [0.29, 0.717) is 0 Å². The van der Waals surface area contributed by atoms with Gasteiger partial charge >= 0.3 is 0 Å². The third kappa shape index (κ3) is 2.01. The minimum Gasteiger partial charge on any atom is -0.328 e. The Morgan fingerprint density at radius 1 is 1.11 bits per heavy atom. The van der Waals surface area contributed by atoms with Gasteiger partial charge in [-0.05, 0) is 48.9 Å². The van der Waals surface area contributed by atoms with Crippen molar-refractivity contribution in [2.75, 3.05) is 11.9 Å². The number of benzene rings is 1. The van der Waals surface area contributed by atoms with Crippen LogP contribution in [0.15, 0.2) is 30.5 Å². The number of anilines is 2. The molecule has 0 amide bonds. The minimum atomic E-state index is 0.994. The number of nitrogens with zero attached hydrogens (tertiary/aromatic N) is 3. The van der Waals surface area contributed by atoms with E-state index in [1.807, 2.05) is 24.0 Å². The van der Waals surface area contributed by atoms with Gasteiger partial charge in [-0.25, -0.2) is 0 Å². The fraction of sp³-hybridized carbons (Fsp3) is 0.400. The van der Waals surface area contributed by atoms with Crippen molar-refractivity contribution in [1.29, 1.82) is 0 Å². The van der Waals surface area contributed by atoms with Crippen molar-refractivity contribution in [2.24, 2.45) is 7.05 Å². The average Bonchev–Trinajstić information content (AvgIpc) is 2.84.